The minimum atomic E-state index is -0.554. The van der Waals surface area contributed by atoms with Gasteiger partial charge in [0.1, 0.15) is 0 Å². The summed E-state index contributed by atoms with van der Waals surface area (Å²) in [5, 5.41) is 1.94. The third kappa shape index (κ3) is 6.12. The molecule has 3 rings (SSSR count). The van der Waals surface area contributed by atoms with Crippen molar-refractivity contribution in [3.63, 3.8) is 0 Å². The number of amides is 1. The summed E-state index contributed by atoms with van der Waals surface area (Å²) in [6, 6.07) is 21.1. The molecule has 0 aliphatic heterocycles. The lowest BCUT2D eigenvalue weighted by molar-refractivity contribution is -0.151. The molecule has 1 heterocycles. The van der Waals surface area contributed by atoms with E-state index >= 15 is 0 Å². The molecular weight excluding hydrogens is 398 g/mol. The summed E-state index contributed by atoms with van der Waals surface area (Å²) in [6.45, 7) is 0.159. The van der Waals surface area contributed by atoms with Gasteiger partial charge in [0.05, 0.1) is 13.0 Å². The number of esters is 1. The van der Waals surface area contributed by atoms with Crippen LogP contribution in [0.5, 0.6) is 0 Å². The van der Waals surface area contributed by atoms with Crippen molar-refractivity contribution >= 4 is 29.0 Å². The quantitative estimate of drug-likeness (QED) is 0.375. The van der Waals surface area contributed by atoms with Gasteiger partial charge in [-0.3, -0.25) is 14.4 Å². The summed E-state index contributed by atoms with van der Waals surface area (Å²) in [5.74, 6) is -0.964. The molecule has 1 amide bonds. The van der Waals surface area contributed by atoms with Gasteiger partial charge >= 0.3 is 5.97 Å². The molecule has 2 aromatic carbocycles. The van der Waals surface area contributed by atoms with E-state index in [9.17, 15) is 14.4 Å². The number of Topliss-reactive ketones (excluding diaryl/α,β-unsaturated/α-hetero) is 1. The smallest absolute Gasteiger partial charge is 0.306 e. The molecule has 0 aliphatic rings. The van der Waals surface area contributed by atoms with Gasteiger partial charge in [0.15, 0.2) is 12.4 Å². The van der Waals surface area contributed by atoms with Crippen molar-refractivity contribution in [2.45, 2.75) is 19.4 Å². The lowest BCUT2D eigenvalue weighted by Gasteiger charge is -2.16. The fourth-order valence-electron chi connectivity index (χ4n) is 2.89. The van der Waals surface area contributed by atoms with Gasteiger partial charge in [-0.15, -0.1) is 11.3 Å². The van der Waals surface area contributed by atoms with Gasteiger partial charge in [-0.2, -0.15) is 0 Å². The van der Waals surface area contributed by atoms with Gasteiger partial charge in [0, 0.05) is 23.9 Å². The minimum Gasteiger partial charge on any atom is -0.456 e. The van der Waals surface area contributed by atoms with Crippen LogP contribution >= 0.6 is 11.3 Å². The Hall–Kier alpha value is -3.25. The van der Waals surface area contributed by atoms with Crippen molar-refractivity contribution in [3.05, 3.63) is 82.6 Å². The van der Waals surface area contributed by atoms with Gasteiger partial charge in [0.2, 0.25) is 0 Å². The Morgan fingerprint density at radius 2 is 1.57 bits per heavy atom. The summed E-state index contributed by atoms with van der Waals surface area (Å²) in [5.41, 5.74) is 2.65. The molecule has 0 unspecified atom stereocenters. The van der Waals surface area contributed by atoms with Crippen LogP contribution in [0.4, 0.5) is 0 Å². The summed E-state index contributed by atoms with van der Waals surface area (Å²) in [7, 11) is 1.67. The SMILES string of the molecule is CN(Cc1cccs1)C(=O)COC(=O)CCC(=O)c1ccc(-c2ccccc2)cc1. The molecule has 0 aliphatic carbocycles. The first-order valence-electron chi connectivity index (χ1n) is 9.63. The molecule has 0 bridgehead atoms. The highest BCUT2D eigenvalue weighted by Crippen LogP contribution is 2.20. The number of hydrogen-bond donors (Lipinski definition) is 0. The van der Waals surface area contributed by atoms with Crippen LogP contribution < -0.4 is 0 Å². The van der Waals surface area contributed by atoms with Crippen LogP contribution in [0.25, 0.3) is 11.1 Å². The second-order valence-corrected chi connectivity index (χ2v) is 7.89. The Balaban J connectivity index is 1.42. The maximum Gasteiger partial charge on any atom is 0.306 e. The van der Waals surface area contributed by atoms with Crippen molar-refractivity contribution in [2.75, 3.05) is 13.7 Å². The Kier molecular flexibility index (Phi) is 7.51. The fraction of sp³-hybridized carbons (Fsp3) is 0.208. The predicted octanol–water partition coefficient (Wildman–Crippen LogP) is 4.58. The zero-order valence-corrected chi connectivity index (χ0v) is 17.6. The summed E-state index contributed by atoms with van der Waals surface area (Å²) in [6.07, 6.45) is -0.00999. The highest BCUT2D eigenvalue weighted by Gasteiger charge is 2.15. The van der Waals surface area contributed by atoms with Gasteiger partial charge in [-0.25, -0.2) is 0 Å². The topological polar surface area (TPSA) is 63.7 Å². The van der Waals surface area contributed by atoms with E-state index in [0.29, 0.717) is 12.1 Å². The molecule has 0 atom stereocenters. The van der Waals surface area contributed by atoms with Crippen LogP contribution in [0, 0.1) is 0 Å². The monoisotopic (exact) mass is 421 g/mol. The van der Waals surface area contributed by atoms with Crippen LogP contribution in [-0.4, -0.2) is 36.2 Å². The molecule has 0 saturated carbocycles. The zero-order valence-electron chi connectivity index (χ0n) is 16.7. The highest BCUT2D eigenvalue weighted by molar-refractivity contribution is 7.09. The lowest BCUT2D eigenvalue weighted by Crippen LogP contribution is -2.30. The summed E-state index contributed by atoms with van der Waals surface area (Å²) in [4.78, 5) is 38.9. The second-order valence-electron chi connectivity index (χ2n) is 6.86. The van der Waals surface area contributed by atoms with E-state index in [-0.39, 0.29) is 31.1 Å². The standard InChI is InChI=1S/C24H23NO4S/c1-25(16-21-8-5-15-30-21)23(27)17-29-24(28)14-13-22(26)20-11-9-19(10-12-20)18-6-3-2-4-7-18/h2-12,15H,13-14,16-17H2,1H3. The number of ether oxygens (including phenoxy) is 1. The second kappa shape index (κ2) is 10.5. The predicted molar refractivity (Wildman–Crippen MR) is 117 cm³/mol. The first-order chi connectivity index (χ1) is 14.5. The van der Waals surface area contributed by atoms with Crippen LogP contribution in [0.1, 0.15) is 28.1 Å². The number of likely N-dealkylation sites (N-methyl/N-ethyl adjacent to an activating group) is 1. The number of hydrogen-bond acceptors (Lipinski definition) is 5. The van der Waals surface area contributed by atoms with Crippen molar-refractivity contribution in [3.8, 4) is 11.1 Å². The van der Waals surface area contributed by atoms with Gasteiger partial charge < -0.3 is 9.64 Å². The van der Waals surface area contributed by atoms with E-state index in [2.05, 4.69) is 0 Å². The Bertz CT molecular complexity index is 982. The molecule has 30 heavy (non-hydrogen) atoms. The lowest BCUT2D eigenvalue weighted by atomic mass is 10.0. The number of carbonyl (C=O) groups excluding carboxylic acids is 3. The van der Waals surface area contributed by atoms with Gasteiger partial charge in [-0.1, -0.05) is 60.7 Å². The number of carbonyl (C=O) groups is 3. The van der Waals surface area contributed by atoms with Crippen molar-refractivity contribution in [1.82, 2.24) is 4.90 Å². The van der Waals surface area contributed by atoms with Gasteiger partial charge in [0.25, 0.3) is 5.91 Å². The summed E-state index contributed by atoms with van der Waals surface area (Å²) < 4.78 is 5.03. The number of benzene rings is 2. The maximum atomic E-state index is 12.3. The van der Waals surface area contributed by atoms with E-state index < -0.39 is 5.97 Å². The van der Waals surface area contributed by atoms with Crippen LogP contribution in [0.15, 0.2) is 72.1 Å². The highest BCUT2D eigenvalue weighted by atomic mass is 32.1. The molecule has 0 N–H and O–H groups in total. The first kappa shape index (κ1) is 21.5. The average molecular weight is 422 g/mol. The van der Waals surface area contributed by atoms with Crippen molar-refractivity contribution in [2.24, 2.45) is 0 Å². The third-order valence-corrected chi connectivity index (χ3v) is 5.49. The molecule has 1 aromatic heterocycles. The summed E-state index contributed by atoms with van der Waals surface area (Å²) >= 11 is 1.56. The molecule has 0 saturated heterocycles. The number of thiophene rings is 1. The molecule has 0 fully saturated rings. The molecular formula is C24H23NO4S. The Labute approximate surface area is 179 Å². The molecule has 154 valence electrons. The number of ketones is 1. The van der Waals surface area contributed by atoms with E-state index in [1.54, 1.807) is 30.5 Å². The van der Waals surface area contributed by atoms with Crippen LogP contribution in [-0.2, 0) is 20.9 Å². The number of nitrogens with zero attached hydrogens (tertiary/aromatic N) is 1. The Morgan fingerprint density at radius 1 is 0.867 bits per heavy atom. The largest absolute Gasteiger partial charge is 0.456 e. The molecule has 5 nitrogen and oxygen atoms in total. The molecule has 3 aromatic rings. The first-order valence-corrected chi connectivity index (χ1v) is 10.5. The third-order valence-electron chi connectivity index (χ3n) is 4.63. The zero-order chi connectivity index (χ0) is 21.3. The fourth-order valence-corrected chi connectivity index (χ4v) is 3.65. The molecule has 0 spiro atoms. The van der Waals surface area contributed by atoms with Crippen molar-refractivity contribution < 1.29 is 19.1 Å². The van der Waals surface area contributed by atoms with E-state index in [0.717, 1.165) is 16.0 Å². The van der Waals surface area contributed by atoms with Crippen molar-refractivity contribution in [1.29, 1.82) is 0 Å². The Morgan fingerprint density at radius 3 is 2.23 bits per heavy atom. The number of rotatable bonds is 9. The average Bonchev–Trinajstić information content (AvgIpc) is 3.29. The molecule has 6 heteroatoms. The molecule has 0 radical (unpaired) electrons. The van der Waals surface area contributed by atoms with Crippen LogP contribution in [0.3, 0.4) is 0 Å². The van der Waals surface area contributed by atoms with E-state index in [4.69, 9.17) is 4.74 Å². The van der Waals surface area contributed by atoms with Crippen LogP contribution in [0.2, 0.25) is 0 Å². The maximum absolute atomic E-state index is 12.3. The normalized spacial score (nSPS) is 10.4. The minimum absolute atomic E-state index is 0.0444. The van der Waals surface area contributed by atoms with Gasteiger partial charge in [-0.05, 0) is 22.6 Å². The van der Waals surface area contributed by atoms with E-state index in [1.807, 2.05) is 60.0 Å². The van der Waals surface area contributed by atoms with E-state index in [1.165, 1.54) is 4.90 Å².